The fraction of sp³-hybridized carbons (Fsp3) is 0.526. The average molecular weight is 359 g/mol. The number of hydrogen-bond acceptors (Lipinski definition) is 6. The molecule has 0 radical (unpaired) electrons. The molecule has 0 aromatic heterocycles. The van der Waals surface area contributed by atoms with Crippen LogP contribution in [0, 0.1) is 0 Å². The normalized spacial score (nSPS) is 36.7. The number of carbonyl (C=O) groups is 1. The average Bonchev–Trinajstić information content (AvgIpc) is 3.20. The third-order valence-electron chi connectivity index (χ3n) is 6.23. The number of ether oxygens (including phenoxy) is 5. The van der Waals surface area contributed by atoms with Crippen molar-refractivity contribution in [2.75, 3.05) is 28.1 Å². The van der Waals surface area contributed by atoms with Gasteiger partial charge < -0.3 is 28.6 Å². The van der Waals surface area contributed by atoms with Gasteiger partial charge in [-0.25, -0.2) is 0 Å². The van der Waals surface area contributed by atoms with Crippen LogP contribution in [0.1, 0.15) is 17.5 Å². The Bertz CT molecular complexity index is 822. The van der Waals surface area contributed by atoms with Crippen molar-refractivity contribution in [2.45, 2.75) is 36.4 Å². The zero-order valence-electron chi connectivity index (χ0n) is 15.0. The number of benzene rings is 1. The van der Waals surface area contributed by atoms with E-state index >= 15 is 0 Å². The summed E-state index contributed by atoms with van der Waals surface area (Å²) in [6.45, 7) is 0.473. The van der Waals surface area contributed by atoms with Gasteiger partial charge in [-0.1, -0.05) is 12.2 Å². The van der Waals surface area contributed by atoms with Gasteiger partial charge in [0.1, 0.15) is 0 Å². The first-order valence-electron chi connectivity index (χ1n) is 8.69. The number of likely N-dealkylation sites (tertiary alicyclic amines) is 1. The number of rotatable bonds is 2. The second-order valence-corrected chi connectivity index (χ2v) is 7.14. The Morgan fingerprint density at radius 3 is 2.73 bits per heavy atom. The molecule has 26 heavy (non-hydrogen) atoms. The molecule has 3 aliphatic heterocycles. The lowest BCUT2D eigenvalue weighted by molar-refractivity contribution is -0.247. The molecule has 0 unspecified atom stereocenters. The molecule has 0 saturated carbocycles. The van der Waals surface area contributed by atoms with Crippen molar-refractivity contribution in [3.63, 3.8) is 0 Å². The molecule has 1 amide bonds. The Morgan fingerprint density at radius 1 is 1.23 bits per heavy atom. The minimum absolute atomic E-state index is 0.0621. The molecule has 1 aromatic rings. The van der Waals surface area contributed by atoms with Gasteiger partial charge in [0.15, 0.2) is 11.5 Å². The molecule has 1 aliphatic carbocycles. The smallest absolute Gasteiger partial charge is 0.284 e. The van der Waals surface area contributed by atoms with Crippen LogP contribution in [0.4, 0.5) is 0 Å². The molecule has 0 bridgehead atoms. The van der Waals surface area contributed by atoms with Crippen LogP contribution < -0.4 is 9.47 Å². The van der Waals surface area contributed by atoms with E-state index in [0.29, 0.717) is 17.9 Å². The van der Waals surface area contributed by atoms with Crippen molar-refractivity contribution in [2.24, 2.45) is 0 Å². The van der Waals surface area contributed by atoms with Crippen LogP contribution in [0.15, 0.2) is 24.3 Å². The molecule has 1 spiro atoms. The quantitative estimate of drug-likeness (QED) is 0.743. The minimum atomic E-state index is -1.39. The number of likely N-dealkylation sites (N-methyl/N-ethyl adjacent to an activating group) is 1. The van der Waals surface area contributed by atoms with E-state index in [4.69, 9.17) is 23.7 Å². The fourth-order valence-corrected chi connectivity index (χ4v) is 4.98. The van der Waals surface area contributed by atoms with Crippen LogP contribution in [0.25, 0.3) is 0 Å². The Labute approximate surface area is 151 Å². The van der Waals surface area contributed by atoms with Crippen molar-refractivity contribution in [3.8, 4) is 11.5 Å². The van der Waals surface area contributed by atoms with Crippen LogP contribution in [0.3, 0.4) is 0 Å². The van der Waals surface area contributed by atoms with Gasteiger partial charge in [-0.2, -0.15) is 0 Å². The van der Waals surface area contributed by atoms with Gasteiger partial charge in [0.05, 0.1) is 24.2 Å². The molecule has 1 fully saturated rings. The second-order valence-electron chi connectivity index (χ2n) is 7.14. The molecular weight excluding hydrogens is 338 g/mol. The lowest BCUT2D eigenvalue weighted by Crippen LogP contribution is -2.61. The summed E-state index contributed by atoms with van der Waals surface area (Å²) < 4.78 is 28.6. The highest BCUT2D eigenvalue weighted by Crippen LogP contribution is 2.58. The van der Waals surface area contributed by atoms with E-state index in [9.17, 15) is 4.79 Å². The molecule has 4 atom stereocenters. The van der Waals surface area contributed by atoms with Gasteiger partial charge in [0.25, 0.3) is 11.7 Å². The molecule has 7 nitrogen and oxygen atoms in total. The van der Waals surface area contributed by atoms with Crippen LogP contribution in [-0.4, -0.2) is 56.8 Å². The topological polar surface area (TPSA) is 66.5 Å². The van der Waals surface area contributed by atoms with E-state index in [1.165, 1.54) is 7.11 Å². The number of amides is 1. The predicted molar refractivity (Wildman–Crippen MR) is 89.9 cm³/mol. The fourth-order valence-electron chi connectivity index (χ4n) is 4.98. The number of carbonyl (C=O) groups excluding carboxylic acids is 1. The highest BCUT2D eigenvalue weighted by atomic mass is 16.7. The Balaban J connectivity index is 1.79. The summed E-state index contributed by atoms with van der Waals surface area (Å²) in [6.07, 6.45) is 4.63. The first-order chi connectivity index (χ1) is 12.6. The highest BCUT2D eigenvalue weighted by Gasteiger charge is 2.72. The standard InChI is InChI=1S/C19H21NO6/c1-20-16-7-12(22-2)4-5-18(16)13-8-15-14(24-10-25-15)6-11(13)9-26-19(18,23-3)17(20)21/h4-6,8,12,16H,7,9-10H2,1-3H3/t12-,16+,18+,19-/m1/s1. The molecule has 1 saturated heterocycles. The van der Waals surface area contributed by atoms with E-state index in [2.05, 4.69) is 0 Å². The summed E-state index contributed by atoms with van der Waals surface area (Å²) in [5.41, 5.74) is 1.20. The third-order valence-corrected chi connectivity index (χ3v) is 6.23. The van der Waals surface area contributed by atoms with Crippen molar-refractivity contribution in [3.05, 3.63) is 35.4 Å². The Hall–Kier alpha value is -2.09. The molecular formula is C19H21NO6. The maximum atomic E-state index is 13.2. The predicted octanol–water partition coefficient (Wildman–Crippen LogP) is 1.34. The van der Waals surface area contributed by atoms with Gasteiger partial charge in [-0.15, -0.1) is 0 Å². The summed E-state index contributed by atoms with van der Waals surface area (Å²) in [7, 11) is 5.01. The van der Waals surface area contributed by atoms with Crippen LogP contribution in [0.2, 0.25) is 0 Å². The summed E-state index contributed by atoms with van der Waals surface area (Å²) in [5, 5.41) is 0. The maximum Gasteiger partial charge on any atom is 0.284 e. The van der Waals surface area contributed by atoms with Crippen LogP contribution in [0.5, 0.6) is 11.5 Å². The van der Waals surface area contributed by atoms with E-state index in [1.54, 1.807) is 19.1 Å². The number of methoxy groups -OCH3 is 2. The van der Waals surface area contributed by atoms with Crippen molar-refractivity contribution in [1.82, 2.24) is 4.90 Å². The molecule has 138 valence electrons. The zero-order valence-corrected chi connectivity index (χ0v) is 15.0. The van der Waals surface area contributed by atoms with Gasteiger partial charge in [0, 0.05) is 21.3 Å². The van der Waals surface area contributed by atoms with Crippen LogP contribution in [-0.2, 0) is 31.0 Å². The summed E-state index contributed by atoms with van der Waals surface area (Å²) >= 11 is 0. The van der Waals surface area contributed by atoms with Crippen molar-refractivity contribution in [1.29, 1.82) is 0 Å². The monoisotopic (exact) mass is 359 g/mol. The molecule has 7 heteroatoms. The van der Waals surface area contributed by atoms with Gasteiger partial charge in [0.2, 0.25) is 6.79 Å². The molecule has 5 rings (SSSR count). The third kappa shape index (κ3) is 1.66. The molecule has 3 heterocycles. The highest BCUT2D eigenvalue weighted by molar-refractivity contribution is 5.91. The number of nitrogens with zero attached hydrogens (tertiary/aromatic N) is 1. The van der Waals surface area contributed by atoms with Crippen molar-refractivity contribution >= 4 is 5.91 Å². The van der Waals surface area contributed by atoms with E-state index in [1.807, 2.05) is 24.3 Å². The minimum Gasteiger partial charge on any atom is -0.454 e. The first-order valence-corrected chi connectivity index (χ1v) is 8.69. The van der Waals surface area contributed by atoms with E-state index in [-0.39, 0.29) is 31.5 Å². The maximum absolute atomic E-state index is 13.2. The summed E-state index contributed by atoms with van der Waals surface area (Å²) in [5.74, 6) is -0.164. The lowest BCUT2D eigenvalue weighted by Gasteiger charge is -2.49. The van der Waals surface area contributed by atoms with Gasteiger partial charge >= 0.3 is 0 Å². The lowest BCUT2D eigenvalue weighted by atomic mass is 9.63. The Kier molecular flexibility index (Phi) is 3.23. The molecule has 1 aromatic carbocycles. The number of fused-ring (bicyclic) bond motifs is 2. The first kappa shape index (κ1) is 16.1. The molecule has 4 aliphatic rings. The van der Waals surface area contributed by atoms with E-state index in [0.717, 1.165) is 11.1 Å². The van der Waals surface area contributed by atoms with Gasteiger partial charge in [-0.05, 0) is 29.7 Å². The Morgan fingerprint density at radius 2 is 2.00 bits per heavy atom. The van der Waals surface area contributed by atoms with Crippen molar-refractivity contribution < 1.29 is 28.5 Å². The summed E-state index contributed by atoms with van der Waals surface area (Å²) in [4.78, 5) is 15.0. The zero-order chi connectivity index (χ0) is 18.1. The number of hydrogen-bond donors (Lipinski definition) is 0. The molecule has 0 N–H and O–H groups in total. The SMILES string of the molecule is CO[C@@H]1C=C[C@@]23c4cc5c(cc4CO[C@]2(OC)C(=O)N(C)[C@H]3C1)OCO5. The second kappa shape index (κ2) is 5.22. The van der Waals surface area contributed by atoms with Gasteiger partial charge in [-0.3, -0.25) is 4.79 Å². The van der Waals surface area contributed by atoms with Crippen LogP contribution >= 0.6 is 0 Å². The van der Waals surface area contributed by atoms with E-state index < -0.39 is 11.2 Å². The summed E-state index contributed by atoms with van der Waals surface area (Å²) in [6, 6.07) is 3.77. The largest absolute Gasteiger partial charge is 0.454 e.